The number of halogens is 1. The summed E-state index contributed by atoms with van der Waals surface area (Å²) >= 11 is 0. The van der Waals surface area contributed by atoms with Gasteiger partial charge in [0.25, 0.3) is 0 Å². The third-order valence-corrected chi connectivity index (χ3v) is 5.88. The van der Waals surface area contributed by atoms with Crippen LogP contribution in [0.4, 0.5) is 10.2 Å². The van der Waals surface area contributed by atoms with Crippen molar-refractivity contribution < 1.29 is 9.18 Å². The van der Waals surface area contributed by atoms with E-state index < -0.39 is 0 Å². The zero-order chi connectivity index (χ0) is 22.1. The SMILES string of the molecule is CCn1cc(-c2ccnc(NC(=O)[C@@H]3C[C@H]3c3ccccc3)c2)c(-c2ccc(F)cc2)n1. The van der Waals surface area contributed by atoms with Gasteiger partial charge in [0.1, 0.15) is 17.3 Å². The zero-order valence-electron chi connectivity index (χ0n) is 17.7. The molecule has 0 saturated heterocycles. The Balaban J connectivity index is 1.38. The van der Waals surface area contributed by atoms with E-state index in [1.807, 2.05) is 48.1 Å². The van der Waals surface area contributed by atoms with E-state index >= 15 is 0 Å². The molecular weight excluding hydrogens is 403 g/mol. The summed E-state index contributed by atoms with van der Waals surface area (Å²) in [6.45, 7) is 2.73. The average molecular weight is 426 g/mol. The molecule has 2 aromatic heterocycles. The van der Waals surface area contributed by atoms with E-state index in [0.717, 1.165) is 28.8 Å². The molecule has 1 aliphatic carbocycles. The number of rotatable bonds is 6. The van der Waals surface area contributed by atoms with Gasteiger partial charge < -0.3 is 5.32 Å². The van der Waals surface area contributed by atoms with Crippen LogP contribution in [0.3, 0.4) is 0 Å². The number of anilines is 1. The third-order valence-electron chi connectivity index (χ3n) is 5.88. The van der Waals surface area contributed by atoms with Crippen molar-refractivity contribution in [3.8, 4) is 22.4 Å². The number of nitrogens with one attached hydrogen (secondary N) is 1. The Bertz CT molecular complexity index is 1250. The lowest BCUT2D eigenvalue weighted by Gasteiger charge is -2.07. The van der Waals surface area contributed by atoms with Crippen LogP contribution in [0.25, 0.3) is 22.4 Å². The largest absolute Gasteiger partial charge is 0.310 e. The molecule has 0 aliphatic heterocycles. The van der Waals surface area contributed by atoms with Gasteiger partial charge in [-0.05, 0) is 66.8 Å². The number of benzene rings is 2. The zero-order valence-corrected chi connectivity index (χ0v) is 17.7. The van der Waals surface area contributed by atoms with Crippen LogP contribution in [0.5, 0.6) is 0 Å². The number of hydrogen-bond acceptors (Lipinski definition) is 3. The van der Waals surface area contributed by atoms with Gasteiger partial charge in [0.2, 0.25) is 5.91 Å². The van der Waals surface area contributed by atoms with E-state index in [4.69, 9.17) is 0 Å². The van der Waals surface area contributed by atoms with Crippen molar-refractivity contribution >= 4 is 11.7 Å². The summed E-state index contributed by atoms with van der Waals surface area (Å²) in [5.41, 5.74) is 4.60. The van der Waals surface area contributed by atoms with E-state index in [1.54, 1.807) is 18.3 Å². The minimum Gasteiger partial charge on any atom is -0.310 e. The first-order valence-corrected chi connectivity index (χ1v) is 10.8. The number of carbonyl (C=O) groups excluding carboxylic acids is 1. The fourth-order valence-electron chi connectivity index (χ4n) is 4.05. The molecule has 1 fully saturated rings. The van der Waals surface area contributed by atoms with E-state index in [2.05, 4.69) is 27.5 Å². The number of aromatic nitrogens is 3. The van der Waals surface area contributed by atoms with Crippen molar-refractivity contribution in [1.82, 2.24) is 14.8 Å². The molecule has 1 amide bonds. The summed E-state index contributed by atoms with van der Waals surface area (Å²) in [6, 6.07) is 20.2. The Morgan fingerprint density at radius 2 is 1.88 bits per heavy atom. The first kappa shape index (κ1) is 20.1. The number of pyridine rings is 1. The molecular formula is C26H23FN4O. The lowest BCUT2D eigenvalue weighted by molar-refractivity contribution is -0.117. The van der Waals surface area contributed by atoms with Crippen molar-refractivity contribution in [2.45, 2.75) is 25.8 Å². The summed E-state index contributed by atoms with van der Waals surface area (Å²) in [5, 5.41) is 7.64. The molecule has 6 heteroatoms. The molecule has 2 atom stereocenters. The molecule has 1 saturated carbocycles. The molecule has 5 nitrogen and oxygen atoms in total. The predicted octanol–water partition coefficient (Wildman–Crippen LogP) is 5.51. The fourth-order valence-corrected chi connectivity index (χ4v) is 4.05. The highest BCUT2D eigenvalue weighted by Crippen LogP contribution is 2.47. The molecule has 2 heterocycles. The first-order valence-electron chi connectivity index (χ1n) is 10.8. The second-order valence-corrected chi connectivity index (χ2v) is 8.03. The molecule has 2 aromatic carbocycles. The summed E-state index contributed by atoms with van der Waals surface area (Å²) in [7, 11) is 0. The average Bonchev–Trinajstić information content (AvgIpc) is 3.52. The lowest BCUT2D eigenvalue weighted by atomic mass is 10.0. The van der Waals surface area contributed by atoms with Gasteiger partial charge >= 0.3 is 0 Å². The van der Waals surface area contributed by atoms with Crippen LogP contribution in [0.2, 0.25) is 0 Å². The number of hydrogen-bond donors (Lipinski definition) is 1. The van der Waals surface area contributed by atoms with Gasteiger partial charge in [-0.2, -0.15) is 5.10 Å². The highest BCUT2D eigenvalue weighted by atomic mass is 19.1. The lowest BCUT2D eigenvalue weighted by Crippen LogP contribution is -2.15. The van der Waals surface area contributed by atoms with Crippen LogP contribution in [0.1, 0.15) is 24.8 Å². The molecule has 0 radical (unpaired) electrons. The van der Waals surface area contributed by atoms with Gasteiger partial charge in [0.15, 0.2) is 0 Å². The van der Waals surface area contributed by atoms with Gasteiger partial charge in [-0.25, -0.2) is 9.37 Å². The van der Waals surface area contributed by atoms with Crippen LogP contribution >= 0.6 is 0 Å². The van der Waals surface area contributed by atoms with Crippen molar-refractivity contribution in [3.63, 3.8) is 0 Å². The number of carbonyl (C=O) groups is 1. The van der Waals surface area contributed by atoms with Gasteiger partial charge in [0, 0.05) is 36.0 Å². The molecule has 5 rings (SSSR count). The maximum Gasteiger partial charge on any atom is 0.229 e. The van der Waals surface area contributed by atoms with Crippen LogP contribution in [-0.2, 0) is 11.3 Å². The molecule has 0 spiro atoms. The molecule has 1 N–H and O–H groups in total. The van der Waals surface area contributed by atoms with Crippen LogP contribution in [0.15, 0.2) is 79.1 Å². The number of nitrogens with zero attached hydrogens (tertiary/aromatic N) is 3. The second kappa shape index (κ2) is 8.38. The maximum absolute atomic E-state index is 13.4. The van der Waals surface area contributed by atoms with Crippen LogP contribution < -0.4 is 5.32 Å². The highest BCUT2D eigenvalue weighted by molar-refractivity contribution is 5.95. The standard InChI is InChI=1S/C26H23FN4O/c1-2-31-16-23(25(30-31)18-8-10-20(27)11-9-18)19-12-13-28-24(14-19)29-26(32)22-15-21(22)17-6-4-3-5-7-17/h3-14,16,21-22H,2,15H2,1H3,(H,28,29,32)/t21-,22+/m0/s1. The quantitative estimate of drug-likeness (QED) is 0.442. The molecule has 0 bridgehead atoms. The maximum atomic E-state index is 13.4. The van der Waals surface area contributed by atoms with Crippen molar-refractivity contribution in [2.24, 2.45) is 5.92 Å². The van der Waals surface area contributed by atoms with Gasteiger partial charge in [-0.1, -0.05) is 30.3 Å². The van der Waals surface area contributed by atoms with E-state index in [0.29, 0.717) is 12.4 Å². The van der Waals surface area contributed by atoms with Crippen molar-refractivity contribution in [2.75, 3.05) is 5.32 Å². The molecule has 32 heavy (non-hydrogen) atoms. The Labute approximate surface area is 185 Å². The fraction of sp³-hybridized carbons (Fsp3) is 0.192. The second-order valence-electron chi connectivity index (χ2n) is 8.03. The Hall–Kier alpha value is -3.80. The van der Waals surface area contributed by atoms with Gasteiger partial charge in [-0.3, -0.25) is 9.48 Å². The third kappa shape index (κ3) is 4.04. The summed E-state index contributed by atoms with van der Waals surface area (Å²) in [5.74, 6) is 0.466. The summed E-state index contributed by atoms with van der Waals surface area (Å²) in [4.78, 5) is 17.1. The van der Waals surface area contributed by atoms with Crippen molar-refractivity contribution in [1.29, 1.82) is 0 Å². The summed E-state index contributed by atoms with van der Waals surface area (Å²) in [6.07, 6.45) is 4.50. The summed E-state index contributed by atoms with van der Waals surface area (Å²) < 4.78 is 15.3. The number of aryl methyl sites for hydroxylation is 1. The monoisotopic (exact) mass is 426 g/mol. The minimum atomic E-state index is -0.284. The van der Waals surface area contributed by atoms with Gasteiger partial charge in [0.05, 0.1) is 0 Å². The molecule has 160 valence electrons. The normalized spacial score (nSPS) is 17.2. The topological polar surface area (TPSA) is 59.8 Å². The predicted molar refractivity (Wildman–Crippen MR) is 122 cm³/mol. The van der Waals surface area contributed by atoms with E-state index in [1.165, 1.54) is 17.7 Å². The van der Waals surface area contributed by atoms with E-state index in [9.17, 15) is 9.18 Å². The Kier molecular flexibility index (Phi) is 5.27. The Morgan fingerprint density at radius 1 is 1.09 bits per heavy atom. The van der Waals surface area contributed by atoms with Crippen LogP contribution in [-0.4, -0.2) is 20.7 Å². The van der Waals surface area contributed by atoms with E-state index in [-0.39, 0.29) is 23.6 Å². The smallest absolute Gasteiger partial charge is 0.229 e. The molecule has 1 aliphatic rings. The van der Waals surface area contributed by atoms with Crippen LogP contribution in [0, 0.1) is 11.7 Å². The molecule has 0 unspecified atom stereocenters. The van der Waals surface area contributed by atoms with Crippen molar-refractivity contribution in [3.05, 3.63) is 90.5 Å². The highest BCUT2D eigenvalue weighted by Gasteiger charge is 2.43. The van der Waals surface area contributed by atoms with Gasteiger partial charge in [-0.15, -0.1) is 0 Å². The Morgan fingerprint density at radius 3 is 2.62 bits per heavy atom. The first-order chi connectivity index (χ1) is 15.6. The minimum absolute atomic E-state index is 0.00786. The number of amides is 1. The molecule has 4 aromatic rings.